The lowest BCUT2D eigenvalue weighted by molar-refractivity contribution is 0.0699. The fraction of sp³-hybridized carbons (Fsp3) is 0.389. The van der Waals surface area contributed by atoms with Gasteiger partial charge in [-0.3, -0.25) is 0 Å². The van der Waals surface area contributed by atoms with Crippen LogP contribution >= 0.6 is 0 Å². The highest BCUT2D eigenvalue weighted by Crippen LogP contribution is 2.32. The van der Waals surface area contributed by atoms with E-state index in [4.69, 9.17) is 4.74 Å². The summed E-state index contributed by atoms with van der Waals surface area (Å²) in [5.41, 5.74) is 1.86. The maximum Gasteiger partial charge on any atom is 0.141 e. The Bertz CT molecular complexity index is 703. The number of aromatic nitrogens is 1. The zero-order chi connectivity index (χ0) is 16.9. The summed E-state index contributed by atoms with van der Waals surface area (Å²) in [5, 5.41) is 16.3. The number of pyridine rings is 1. The first-order chi connectivity index (χ1) is 11.7. The third-order valence-electron chi connectivity index (χ3n) is 4.28. The van der Waals surface area contributed by atoms with E-state index < -0.39 is 0 Å². The van der Waals surface area contributed by atoms with Gasteiger partial charge in [-0.1, -0.05) is 0 Å². The first-order valence-corrected chi connectivity index (χ1v) is 8.15. The van der Waals surface area contributed by atoms with Gasteiger partial charge >= 0.3 is 0 Å². The standard InChI is InChI=1S/C18H22FN3O2/c1-20-18-9-16(17(23)11-22-18)13-6-14(19)8-15(7-13)21-10-12-2-4-24-5-3-12/h6-9,11-12,21,23H,2-5,10H2,1H3,(H,20,22). The number of benzene rings is 1. The van der Waals surface area contributed by atoms with Crippen LogP contribution in [0, 0.1) is 11.7 Å². The summed E-state index contributed by atoms with van der Waals surface area (Å²) in [4.78, 5) is 4.04. The van der Waals surface area contributed by atoms with Crippen LogP contribution in [0.25, 0.3) is 11.1 Å². The van der Waals surface area contributed by atoms with Crippen LogP contribution in [-0.2, 0) is 4.74 Å². The van der Waals surface area contributed by atoms with Gasteiger partial charge < -0.3 is 20.5 Å². The van der Waals surface area contributed by atoms with Crippen molar-refractivity contribution in [2.45, 2.75) is 12.8 Å². The zero-order valence-electron chi connectivity index (χ0n) is 13.7. The fourth-order valence-electron chi connectivity index (χ4n) is 2.88. The molecule has 2 heterocycles. The SMILES string of the molecule is CNc1cc(-c2cc(F)cc(NCC3CCOCC3)c2)c(O)cn1. The van der Waals surface area contributed by atoms with Gasteiger partial charge in [-0.15, -0.1) is 0 Å². The molecule has 5 nitrogen and oxygen atoms in total. The molecule has 0 atom stereocenters. The molecule has 2 aromatic rings. The number of nitrogens with zero attached hydrogens (tertiary/aromatic N) is 1. The highest BCUT2D eigenvalue weighted by Gasteiger charge is 2.14. The normalized spacial score (nSPS) is 15.2. The molecule has 128 valence electrons. The Balaban J connectivity index is 1.80. The van der Waals surface area contributed by atoms with Crippen LogP contribution in [0.2, 0.25) is 0 Å². The molecule has 3 rings (SSSR count). The molecule has 0 radical (unpaired) electrons. The second-order valence-electron chi connectivity index (χ2n) is 6.00. The van der Waals surface area contributed by atoms with Crippen LogP contribution in [0.5, 0.6) is 5.75 Å². The van der Waals surface area contributed by atoms with E-state index in [0.717, 1.165) is 32.6 Å². The summed E-state index contributed by atoms with van der Waals surface area (Å²) < 4.78 is 19.4. The number of anilines is 2. The quantitative estimate of drug-likeness (QED) is 0.783. The van der Waals surface area contributed by atoms with Crippen LogP contribution in [0.4, 0.5) is 15.9 Å². The monoisotopic (exact) mass is 331 g/mol. The molecule has 0 amide bonds. The molecule has 3 N–H and O–H groups in total. The lowest BCUT2D eigenvalue weighted by Gasteiger charge is -2.22. The minimum Gasteiger partial charge on any atom is -0.506 e. The third kappa shape index (κ3) is 3.94. The van der Waals surface area contributed by atoms with Gasteiger partial charge in [-0.25, -0.2) is 9.37 Å². The van der Waals surface area contributed by atoms with E-state index in [1.54, 1.807) is 13.1 Å². The highest BCUT2D eigenvalue weighted by molar-refractivity contribution is 5.75. The van der Waals surface area contributed by atoms with Crippen molar-refractivity contribution < 1.29 is 14.2 Å². The second-order valence-corrected chi connectivity index (χ2v) is 6.00. The number of halogens is 1. The highest BCUT2D eigenvalue weighted by atomic mass is 19.1. The van der Waals surface area contributed by atoms with Gasteiger partial charge in [0.1, 0.15) is 17.4 Å². The molecule has 0 aliphatic carbocycles. The number of rotatable bonds is 5. The van der Waals surface area contributed by atoms with Crippen LogP contribution in [0.15, 0.2) is 30.5 Å². The van der Waals surface area contributed by atoms with Crippen molar-refractivity contribution in [1.29, 1.82) is 0 Å². The Morgan fingerprint density at radius 3 is 2.79 bits per heavy atom. The summed E-state index contributed by atoms with van der Waals surface area (Å²) in [6, 6.07) is 6.43. The van der Waals surface area contributed by atoms with E-state index in [0.29, 0.717) is 28.6 Å². The first kappa shape index (κ1) is 16.5. The lowest BCUT2D eigenvalue weighted by Crippen LogP contribution is -2.22. The minimum atomic E-state index is -0.343. The predicted octanol–water partition coefficient (Wildman–Crippen LogP) is 3.47. The molecule has 6 heteroatoms. The Morgan fingerprint density at radius 2 is 2.04 bits per heavy atom. The number of aromatic hydroxyl groups is 1. The molecular formula is C18H22FN3O2. The van der Waals surface area contributed by atoms with Crippen molar-refractivity contribution in [2.24, 2.45) is 5.92 Å². The number of nitrogens with one attached hydrogen (secondary N) is 2. The van der Waals surface area contributed by atoms with Crippen molar-refractivity contribution in [1.82, 2.24) is 4.98 Å². The van der Waals surface area contributed by atoms with Gasteiger partial charge in [-0.05, 0) is 48.6 Å². The van der Waals surface area contributed by atoms with Crippen LogP contribution < -0.4 is 10.6 Å². The van der Waals surface area contributed by atoms with Crippen molar-refractivity contribution in [2.75, 3.05) is 37.4 Å². The van der Waals surface area contributed by atoms with Gasteiger partial charge in [0.05, 0.1) is 6.20 Å². The van der Waals surface area contributed by atoms with Gasteiger partial charge in [0.15, 0.2) is 0 Å². The van der Waals surface area contributed by atoms with Gasteiger partial charge in [0.25, 0.3) is 0 Å². The van der Waals surface area contributed by atoms with Crippen LogP contribution in [-0.4, -0.2) is 36.9 Å². The Hall–Kier alpha value is -2.34. The molecule has 0 saturated carbocycles. The summed E-state index contributed by atoms with van der Waals surface area (Å²) >= 11 is 0. The van der Waals surface area contributed by atoms with E-state index in [2.05, 4.69) is 15.6 Å². The third-order valence-corrected chi connectivity index (χ3v) is 4.28. The van der Waals surface area contributed by atoms with Gasteiger partial charge in [-0.2, -0.15) is 0 Å². The maximum absolute atomic E-state index is 14.0. The summed E-state index contributed by atoms with van der Waals surface area (Å²) in [6.45, 7) is 2.37. The molecule has 1 saturated heterocycles. The average Bonchev–Trinajstić information content (AvgIpc) is 2.61. The summed E-state index contributed by atoms with van der Waals surface area (Å²) in [6.07, 6.45) is 3.40. The van der Waals surface area contributed by atoms with Crippen molar-refractivity contribution >= 4 is 11.5 Å². The second kappa shape index (κ2) is 7.49. The number of hydrogen-bond acceptors (Lipinski definition) is 5. The van der Waals surface area contributed by atoms with Crippen LogP contribution in [0.1, 0.15) is 12.8 Å². The van der Waals surface area contributed by atoms with E-state index >= 15 is 0 Å². The molecule has 1 aromatic heterocycles. The molecular weight excluding hydrogens is 309 g/mol. The first-order valence-electron chi connectivity index (χ1n) is 8.15. The maximum atomic E-state index is 14.0. The molecule has 1 aliphatic rings. The topological polar surface area (TPSA) is 66.4 Å². The molecule has 1 fully saturated rings. The van der Waals surface area contributed by atoms with Gasteiger partial charge in [0, 0.05) is 38.1 Å². The summed E-state index contributed by atoms with van der Waals surface area (Å²) in [7, 11) is 1.75. The predicted molar refractivity (Wildman–Crippen MR) is 92.9 cm³/mol. The van der Waals surface area contributed by atoms with E-state index in [9.17, 15) is 9.50 Å². The minimum absolute atomic E-state index is 0.0231. The Kier molecular flexibility index (Phi) is 5.15. The Labute approximate surface area is 140 Å². The van der Waals surface area contributed by atoms with Crippen molar-refractivity contribution in [3.8, 4) is 16.9 Å². The number of hydrogen-bond donors (Lipinski definition) is 3. The fourth-order valence-corrected chi connectivity index (χ4v) is 2.88. The van der Waals surface area contributed by atoms with Crippen LogP contribution in [0.3, 0.4) is 0 Å². The van der Waals surface area contributed by atoms with E-state index in [1.165, 1.54) is 18.3 Å². The molecule has 1 aliphatic heterocycles. The summed E-state index contributed by atoms with van der Waals surface area (Å²) in [5.74, 6) is 0.832. The largest absolute Gasteiger partial charge is 0.506 e. The lowest BCUT2D eigenvalue weighted by atomic mass is 10.00. The van der Waals surface area contributed by atoms with E-state index in [1.807, 2.05) is 6.07 Å². The zero-order valence-corrected chi connectivity index (χ0v) is 13.7. The van der Waals surface area contributed by atoms with Gasteiger partial charge in [0.2, 0.25) is 0 Å². The molecule has 0 bridgehead atoms. The molecule has 1 aromatic carbocycles. The molecule has 0 unspecified atom stereocenters. The molecule has 24 heavy (non-hydrogen) atoms. The van der Waals surface area contributed by atoms with Crippen molar-refractivity contribution in [3.63, 3.8) is 0 Å². The average molecular weight is 331 g/mol. The number of ether oxygens (including phenoxy) is 1. The van der Waals surface area contributed by atoms with Crippen molar-refractivity contribution in [3.05, 3.63) is 36.3 Å². The molecule has 0 spiro atoms. The Morgan fingerprint density at radius 1 is 1.25 bits per heavy atom. The van der Waals surface area contributed by atoms with E-state index in [-0.39, 0.29) is 11.6 Å². The smallest absolute Gasteiger partial charge is 0.141 e.